The second-order valence-corrected chi connectivity index (χ2v) is 6.21. The Morgan fingerprint density at radius 3 is 2.48 bits per heavy atom. The van der Waals surface area contributed by atoms with Crippen molar-refractivity contribution >= 4 is 11.5 Å². The van der Waals surface area contributed by atoms with E-state index in [0.29, 0.717) is 29.9 Å². The number of benzene rings is 1. The van der Waals surface area contributed by atoms with Crippen LogP contribution in [0.3, 0.4) is 0 Å². The second-order valence-electron chi connectivity index (χ2n) is 6.21. The number of hydrogen-bond acceptors (Lipinski definition) is 4. The van der Waals surface area contributed by atoms with Crippen molar-refractivity contribution in [1.82, 2.24) is 4.90 Å². The van der Waals surface area contributed by atoms with Gasteiger partial charge < -0.3 is 9.47 Å². The van der Waals surface area contributed by atoms with Crippen molar-refractivity contribution in [3.63, 3.8) is 0 Å². The van der Waals surface area contributed by atoms with E-state index in [2.05, 4.69) is 18.5 Å². The fourth-order valence-electron chi connectivity index (χ4n) is 3.78. The highest BCUT2D eigenvalue weighted by Gasteiger charge is 2.62. The Labute approximate surface area is 124 Å². The molecule has 3 aliphatic heterocycles. The molecule has 21 heavy (non-hydrogen) atoms. The summed E-state index contributed by atoms with van der Waals surface area (Å²) in [5.74, 6) is -0.301. The molecule has 3 aliphatic rings. The van der Waals surface area contributed by atoms with Crippen molar-refractivity contribution in [3.8, 4) is 0 Å². The molecule has 0 aliphatic carbocycles. The van der Waals surface area contributed by atoms with Crippen LogP contribution in [0.15, 0.2) is 36.9 Å². The molecule has 5 atom stereocenters. The number of morpholine rings is 1. The molecule has 1 aromatic carbocycles. The van der Waals surface area contributed by atoms with E-state index >= 15 is 0 Å². The zero-order valence-corrected chi connectivity index (χ0v) is 12.1. The van der Waals surface area contributed by atoms with Crippen molar-refractivity contribution in [2.24, 2.45) is 0 Å². The third-order valence-electron chi connectivity index (χ3n) is 5.02. The van der Waals surface area contributed by atoms with Crippen LogP contribution < -0.4 is 0 Å². The Morgan fingerprint density at radius 2 is 1.86 bits per heavy atom. The summed E-state index contributed by atoms with van der Waals surface area (Å²) in [6, 6.07) is 10.3. The molecule has 1 aromatic rings. The van der Waals surface area contributed by atoms with Crippen molar-refractivity contribution in [1.29, 1.82) is 0 Å². The summed E-state index contributed by atoms with van der Waals surface area (Å²) in [6.07, 6.45) is 2.44. The van der Waals surface area contributed by atoms with E-state index in [1.807, 2.05) is 30.3 Å². The predicted molar refractivity (Wildman–Crippen MR) is 78.6 cm³/mol. The number of likely N-dealkylation sites (N-methyl/N-ethyl adjacent to an activating group) is 1. The molecule has 4 nitrogen and oxygen atoms in total. The number of hydrogen-bond donors (Lipinski definition) is 0. The van der Waals surface area contributed by atoms with Crippen molar-refractivity contribution in [3.05, 3.63) is 42.5 Å². The summed E-state index contributed by atoms with van der Waals surface area (Å²) in [6.45, 7) is 3.87. The highest BCUT2D eigenvalue weighted by Crippen LogP contribution is 2.48. The van der Waals surface area contributed by atoms with E-state index in [4.69, 9.17) is 9.47 Å². The summed E-state index contributed by atoms with van der Waals surface area (Å²) in [7, 11) is 2.14. The molecule has 2 bridgehead atoms. The molecule has 4 rings (SSSR count). The molecule has 110 valence electrons. The van der Waals surface area contributed by atoms with Crippen LogP contribution in [-0.2, 0) is 14.3 Å². The van der Waals surface area contributed by atoms with Gasteiger partial charge in [-0.2, -0.15) is 0 Å². The van der Waals surface area contributed by atoms with Gasteiger partial charge >= 0.3 is 5.97 Å². The van der Waals surface area contributed by atoms with E-state index in [-0.39, 0.29) is 12.1 Å². The van der Waals surface area contributed by atoms with Gasteiger partial charge in [0, 0.05) is 24.9 Å². The Bertz CT molecular complexity index is 567. The minimum Gasteiger partial charge on any atom is -0.459 e. The normalized spacial score (nSPS) is 36.9. The van der Waals surface area contributed by atoms with Gasteiger partial charge in [-0.1, -0.05) is 36.9 Å². The van der Waals surface area contributed by atoms with Gasteiger partial charge in [0.05, 0.1) is 5.57 Å². The number of piperidine rings is 1. The number of epoxide rings is 1. The number of fused-ring (bicyclic) bond motifs is 5. The van der Waals surface area contributed by atoms with Crippen molar-refractivity contribution < 1.29 is 14.3 Å². The van der Waals surface area contributed by atoms with Gasteiger partial charge in [-0.25, -0.2) is 4.79 Å². The first-order chi connectivity index (χ1) is 10.1. The van der Waals surface area contributed by atoms with Gasteiger partial charge in [-0.3, -0.25) is 4.90 Å². The van der Waals surface area contributed by atoms with Crippen LogP contribution in [0.4, 0.5) is 0 Å². The van der Waals surface area contributed by atoms with Crippen LogP contribution >= 0.6 is 0 Å². The lowest BCUT2D eigenvalue weighted by Gasteiger charge is -2.37. The Hall–Kier alpha value is -1.65. The maximum atomic E-state index is 12.3. The smallest absolute Gasteiger partial charge is 0.338 e. The van der Waals surface area contributed by atoms with E-state index in [1.165, 1.54) is 0 Å². The van der Waals surface area contributed by atoms with E-state index in [1.54, 1.807) is 0 Å². The third-order valence-corrected chi connectivity index (χ3v) is 5.02. The van der Waals surface area contributed by atoms with Crippen molar-refractivity contribution in [2.75, 3.05) is 7.05 Å². The molecule has 0 spiro atoms. The number of esters is 1. The zero-order chi connectivity index (χ0) is 14.6. The maximum absolute atomic E-state index is 12.3. The molecule has 0 N–H and O–H groups in total. The quantitative estimate of drug-likeness (QED) is 0.483. The molecule has 0 amide bonds. The molecule has 3 heterocycles. The molecule has 1 unspecified atom stereocenters. The number of rotatable bonds is 3. The topological polar surface area (TPSA) is 42.1 Å². The number of carbonyl (C=O) groups excluding carboxylic acids is 1. The molecule has 3 fully saturated rings. The number of nitrogens with zero attached hydrogens (tertiary/aromatic N) is 1. The van der Waals surface area contributed by atoms with E-state index in [9.17, 15) is 4.79 Å². The van der Waals surface area contributed by atoms with Crippen molar-refractivity contribution in [2.45, 2.75) is 43.2 Å². The van der Waals surface area contributed by atoms with Gasteiger partial charge in [0.2, 0.25) is 0 Å². The van der Waals surface area contributed by atoms with Crippen LogP contribution in [0, 0.1) is 0 Å². The summed E-state index contributed by atoms with van der Waals surface area (Å²) in [4.78, 5) is 14.6. The van der Waals surface area contributed by atoms with Gasteiger partial charge in [-0.15, -0.1) is 0 Å². The first kappa shape index (κ1) is 13.0. The second kappa shape index (κ2) is 4.68. The molecular weight excluding hydrogens is 266 g/mol. The molecule has 0 aromatic heterocycles. The number of carbonyl (C=O) groups is 1. The monoisotopic (exact) mass is 285 g/mol. The Morgan fingerprint density at radius 1 is 1.24 bits per heavy atom. The Kier molecular flexibility index (Phi) is 2.91. The van der Waals surface area contributed by atoms with E-state index < -0.39 is 0 Å². The SMILES string of the molecule is C=C(C(=O)OC1C[C@H]2[C@@H]3O[C@@H]3[C@H](C1)N2C)c1ccccc1. The van der Waals surface area contributed by atoms with Gasteiger partial charge in [-0.05, 0) is 12.6 Å². The first-order valence-electron chi connectivity index (χ1n) is 7.48. The Balaban J connectivity index is 1.41. The standard InChI is InChI=1S/C17H19NO3/c1-10(11-6-4-3-5-7-11)17(19)20-12-8-13-15-16(21-15)14(9-12)18(13)2/h3-7,12-16H,1,8-9H2,2H3/t12?,13-,14-,15-,16+/m0/s1. The highest BCUT2D eigenvalue weighted by atomic mass is 16.6. The predicted octanol–water partition coefficient (Wildman–Crippen LogP) is 1.86. The largest absolute Gasteiger partial charge is 0.459 e. The van der Waals surface area contributed by atoms with Crippen LogP contribution in [0.5, 0.6) is 0 Å². The molecule has 0 saturated carbocycles. The van der Waals surface area contributed by atoms with Gasteiger partial charge in [0.15, 0.2) is 0 Å². The molecule has 4 heteroatoms. The first-order valence-corrected chi connectivity index (χ1v) is 7.48. The minimum atomic E-state index is -0.301. The average molecular weight is 285 g/mol. The lowest BCUT2D eigenvalue weighted by molar-refractivity contribution is -0.146. The fraction of sp³-hybridized carbons (Fsp3) is 0.471. The molecular formula is C17H19NO3. The van der Waals surface area contributed by atoms with Crippen LogP contribution in [0.2, 0.25) is 0 Å². The number of ether oxygens (including phenoxy) is 2. The van der Waals surface area contributed by atoms with Crippen LogP contribution in [0.25, 0.3) is 5.57 Å². The van der Waals surface area contributed by atoms with Crippen LogP contribution in [-0.4, -0.2) is 48.3 Å². The average Bonchev–Trinajstić information content (AvgIpc) is 3.25. The zero-order valence-electron chi connectivity index (χ0n) is 12.1. The minimum absolute atomic E-state index is 0.0134. The summed E-state index contributed by atoms with van der Waals surface area (Å²) >= 11 is 0. The summed E-state index contributed by atoms with van der Waals surface area (Å²) < 4.78 is 11.3. The summed E-state index contributed by atoms with van der Waals surface area (Å²) in [5, 5.41) is 0. The van der Waals surface area contributed by atoms with E-state index in [0.717, 1.165) is 18.4 Å². The molecule has 0 radical (unpaired) electrons. The van der Waals surface area contributed by atoms with Crippen LogP contribution in [0.1, 0.15) is 18.4 Å². The summed E-state index contributed by atoms with van der Waals surface area (Å²) in [5.41, 5.74) is 1.26. The fourth-order valence-corrected chi connectivity index (χ4v) is 3.78. The maximum Gasteiger partial charge on any atom is 0.338 e. The lowest BCUT2D eigenvalue weighted by Crippen LogP contribution is -2.47. The third kappa shape index (κ3) is 2.10. The lowest BCUT2D eigenvalue weighted by atomic mass is 9.99. The van der Waals surface area contributed by atoms with Gasteiger partial charge in [0.1, 0.15) is 18.3 Å². The molecule has 3 saturated heterocycles. The highest BCUT2D eigenvalue weighted by molar-refractivity contribution is 6.15. The van der Waals surface area contributed by atoms with Gasteiger partial charge in [0.25, 0.3) is 0 Å².